The minimum Gasteiger partial charge on any atom is -0.495 e. The summed E-state index contributed by atoms with van der Waals surface area (Å²) in [5.74, 6) is -1.13. The second-order valence-electron chi connectivity index (χ2n) is 6.40. The number of sulfone groups is 1. The van der Waals surface area contributed by atoms with Crippen molar-refractivity contribution >= 4 is 27.4 Å². The Hall–Kier alpha value is -2.98. The summed E-state index contributed by atoms with van der Waals surface area (Å²) in [5, 5.41) is 6.56. The van der Waals surface area contributed by atoms with Crippen molar-refractivity contribution in [3.63, 3.8) is 0 Å². The van der Waals surface area contributed by atoms with E-state index in [0.29, 0.717) is 16.9 Å². The molecule has 0 fully saturated rings. The van der Waals surface area contributed by atoms with Crippen LogP contribution in [0.15, 0.2) is 47.4 Å². The van der Waals surface area contributed by atoms with Crippen molar-refractivity contribution in [2.45, 2.75) is 18.2 Å². The number of nitrogens with zero attached hydrogens (tertiary/aromatic N) is 1. The van der Waals surface area contributed by atoms with Gasteiger partial charge in [-0.3, -0.25) is 9.89 Å². The molecule has 7 nitrogen and oxygen atoms in total. The maximum atomic E-state index is 13.6. The number of benzene rings is 2. The molecule has 0 amide bonds. The minimum absolute atomic E-state index is 0.0832. The van der Waals surface area contributed by atoms with E-state index in [1.165, 1.54) is 37.4 Å². The summed E-state index contributed by atoms with van der Waals surface area (Å²) in [5.41, 5.74) is 0.738. The molecule has 164 valence electrons. The third kappa shape index (κ3) is 4.86. The van der Waals surface area contributed by atoms with Crippen molar-refractivity contribution in [1.82, 2.24) is 10.2 Å². The van der Waals surface area contributed by atoms with Gasteiger partial charge >= 0.3 is 5.97 Å². The lowest BCUT2D eigenvalue weighted by Gasteiger charge is -2.10. The van der Waals surface area contributed by atoms with Gasteiger partial charge in [0.25, 0.3) is 6.43 Å². The zero-order valence-electron chi connectivity index (χ0n) is 16.4. The van der Waals surface area contributed by atoms with E-state index >= 15 is 0 Å². The number of halogens is 3. The summed E-state index contributed by atoms with van der Waals surface area (Å²) in [4.78, 5) is 10.8. The van der Waals surface area contributed by atoms with Crippen LogP contribution < -0.4 is 4.74 Å². The van der Waals surface area contributed by atoms with Gasteiger partial charge in [-0.1, -0.05) is 29.8 Å². The quantitative estimate of drug-likeness (QED) is 0.505. The fourth-order valence-electron chi connectivity index (χ4n) is 2.89. The predicted molar refractivity (Wildman–Crippen MR) is 110 cm³/mol. The molecule has 1 heterocycles. The van der Waals surface area contributed by atoms with Crippen LogP contribution >= 0.6 is 11.6 Å². The molecule has 2 aromatic carbocycles. The molecule has 0 spiro atoms. The number of alkyl halides is 2. The number of hydrogen-bond donors (Lipinski definition) is 1. The fourth-order valence-corrected chi connectivity index (χ4v) is 4.16. The first-order valence-electron chi connectivity index (χ1n) is 8.81. The van der Waals surface area contributed by atoms with Gasteiger partial charge in [-0.25, -0.2) is 17.2 Å². The summed E-state index contributed by atoms with van der Waals surface area (Å²) >= 11 is 6.15. The van der Waals surface area contributed by atoms with E-state index in [1.54, 1.807) is 12.1 Å². The normalized spacial score (nSPS) is 11.5. The van der Waals surface area contributed by atoms with Gasteiger partial charge in [0.1, 0.15) is 11.4 Å². The van der Waals surface area contributed by atoms with Crippen LogP contribution in [0.25, 0.3) is 22.4 Å². The largest absolute Gasteiger partial charge is 0.495 e. The maximum absolute atomic E-state index is 13.6. The van der Waals surface area contributed by atoms with Crippen molar-refractivity contribution in [3.8, 4) is 28.1 Å². The highest BCUT2D eigenvalue weighted by atomic mass is 35.5. The topological polar surface area (TPSA) is 98.3 Å². The molecule has 3 rings (SSSR count). The average Bonchev–Trinajstić information content (AvgIpc) is 3.18. The molecular weight excluding hydrogens is 454 g/mol. The lowest BCUT2D eigenvalue weighted by Crippen LogP contribution is -2.12. The van der Waals surface area contributed by atoms with Gasteiger partial charge in [0.15, 0.2) is 5.94 Å². The van der Waals surface area contributed by atoms with E-state index in [4.69, 9.17) is 16.3 Å². The highest BCUT2D eigenvalue weighted by Gasteiger charge is 2.24. The third-order valence-electron chi connectivity index (χ3n) is 4.36. The van der Waals surface area contributed by atoms with E-state index in [1.807, 2.05) is 0 Å². The maximum Gasteiger partial charge on any atom is 0.303 e. The van der Waals surface area contributed by atoms with E-state index in [2.05, 4.69) is 14.9 Å². The highest BCUT2D eigenvalue weighted by Crippen LogP contribution is 2.40. The van der Waals surface area contributed by atoms with Crippen molar-refractivity contribution in [2.75, 3.05) is 13.0 Å². The number of ether oxygens (including phenoxy) is 2. The van der Waals surface area contributed by atoms with Crippen LogP contribution in [0.2, 0.25) is 5.02 Å². The third-order valence-corrected chi connectivity index (χ3v) is 6.07. The van der Waals surface area contributed by atoms with Crippen LogP contribution in [-0.2, 0) is 19.4 Å². The molecule has 0 unspecified atom stereocenters. The predicted octanol–water partition coefficient (Wildman–Crippen LogP) is 4.64. The standard InChI is InChI=1S/C20H17ClF2N2O5S/c1-11(26)30-10-31(27,28)14-6-3-12(4-7-14)18-17(19(20(22)23)25-24-18)13-5-8-16(29-2)15(21)9-13/h3-9,20H,10H2,1-2H3,(H,24,25). The van der Waals surface area contributed by atoms with Crippen molar-refractivity contribution < 1.29 is 31.5 Å². The molecule has 0 saturated heterocycles. The molecule has 1 N–H and O–H groups in total. The molecule has 0 saturated carbocycles. The summed E-state index contributed by atoms with van der Waals surface area (Å²) in [6, 6.07) is 10.1. The Labute approximate surface area is 181 Å². The molecule has 31 heavy (non-hydrogen) atoms. The number of aromatic nitrogens is 2. The first-order chi connectivity index (χ1) is 14.6. The molecule has 0 bridgehead atoms. The molecule has 11 heteroatoms. The van der Waals surface area contributed by atoms with Gasteiger partial charge in [-0.15, -0.1) is 0 Å². The SMILES string of the molecule is COc1ccc(-c2c(C(F)F)n[nH]c2-c2ccc(S(=O)(=O)COC(C)=O)cc2)cc1Cl. The molecule has 0 aliphatic heterocycles. The van der Waals surface area contributed by atoms with Crippen molar-refractivity contribution in [3.05, 3.63) is 53.2 Å². The Morgan fingerprint density at radius 2 is 1.81 bits per heavy atom. The summed E-state index contributed by atoms with van der Waals surface area (Å²) in [6.07, 6.45) is -2.86. The van der Waals surface area contributed by atoms with Crippen LogP contribution in [-0.4, -0.2) is 37.6 Å². The first kappa shape index (κ1) is 22.7. The Bertz CT molecular complexity index is 1210. The van der Waals surface area contributed by atoms with Crippen LogP contribution in [0, 0.1) is 0 Å². The van der Waals surface area contributed by atoms with E-state index in [0.717, 1.165) is 6.92 Å². The number of rotatable bonds is 7. The number of carbonyl (C=O) groups excluding carboxylic acids is 1. The zero-order valence-corrected chi connectivity index (χ0v) is 17.9. The molecular formula is C20H17ClF2N2O5S. The second kappa shape index (κ2) is 9.03. The lowest BCUT2D eigenvalue weighted by molar-refractivity contribution is -0.138. The van der Waals surface area contributed by atoms with Crippen molar-refractivity contribution in [2.24, 2.45) is 0 Å². The molecule has 0 radical (unpaired) electrons. The monoisotopic (exact) mass is 470 g/mol. The van der Waals surface area contributed by atoms with Crippen molar-refractivity contribution in [1.29, 1.82) is 0 Å². The number of hydrogen-bond acceptors (Lipinski definition) is 6. The molecule has 1 aromatic heterocycles. The Balaban J connectivity index is 2.04. The number of carbonyl (C=O) groups is 1. The summed E-state index contributed by atoms with van der Waals surface area (Å²) in [6.45, 7) is 1.10. The molecule has 0 aliphatic rings. The van der Waals surface area contributed by atoms with E-state index in [9.17, 15) is 22.0 Å². The van der Waals surface area contributed by atoms with Gasteiger partial charge < -0.3 is 9.47 Å². The number of H-pyrrole nitrogens is 1. The Kier molecular flexibility index (Phi) is 6.61. The van der Waals surface area contributed by atoms with Gasteiger partial charge in [-0.2, -0.15) is 5.10 Å². The summed E-state index contributed by atoms with van der Waals surface area (Å²) < 4.78 is 61.3. The molecule has 0 aliphatic carbocycles. The Morgan fingerprint density at radius 1 is 1.16 bits per heavy atom. The van der Waals surface area contributed by atoms with Crippen LogP contribution in [0.4, 0.5) is 8.78 Å². The number of esters is 1. The van der Waals surface area contributed by atoms with Crippen LogP contribution in [0.5, 0.6) is 5.75 Å². The summed E-state index contributed by atoms with van der Waals surface area (Å²) in [7, 11) is -2.42. The zero-order chi connectivity index (χ0) is 22.8. The minimum atomic E-state index is -3.86. The lowest BCUT2D eigenvalue weighted by atomic mass is 9.99. The van der Waals surface area contributed by atoms with E-state index < -0.39 is 33.9 Å². The van der Waals surface area contributed by atoms with Gasteiger partial charge in [0, 0.05) is 18.1 Å². The van der Waals surface area contributed by atoms with E-state index in [-0.39, 0.29) is 21.2 Å². The first-order valence-corrected chi connectivity index (χ1v) is 10.8. The highest BCUT2D eigenvalue weighted by molar-refractivity contribution is 7.91. The number of nitrogens with one attached hydrogen (secondary N) is 1. The average molecular weight is 471 g/mol. The smallest absolute Gasteiger partial charge is 0.303 e. The molecule has 3 aromatic rings. The second-order valence-corrected chi connectivity index (χ2v) is 8.75. The number of methoxy groups -OCH3 is 1. The number of aromatic amines is 1. The fraction of sp³-hybridized carbons (Fsp3) is 0.200. The van der Waals surface area contributed by atoms with Crippen LogP contribution in [0.3, 0.4) is 0 Å². The van der Waals surface area contributed by atoms with Crippen LogP contribution in [0.1, 0.15) is 19.0 Å². The van der Waals surface area contributed by atoms with Gasteiger partial charge in [-0.05, 0) is 29.8 Å². The molecule has 0 atom stereocenters. The Morgan fingerprint density at radius 3 is 2.35 bits per heavy atom. The van der Waals surface area contributed by atoms with Gasteiger partial charge in [0.05, 0.1) is 22.7 Å². The van der Waals surface area contributed by atoms with Gasteiger partial charge in [0.2, 0.25) is 9.84 Å².